The molecule has 0 bridgehead atoms. The van der Waals surface area contributed by atoms with Crippen molar-refractivity contribution >= 4 is 5.91 Å². The fourth-order valence-corrected chi connectivity index (χ4v) is 1.51. The van der Waals surface area contributed by atoms with Crippen LogP contribution in [0.1, 0.15) is 40.0 Å². The van der Waals surface area contributed by atoms with E-state index in [2.05, 4.69) is 19.2 Å². The summed E-state index contributed by atoms with van der Waals surface area (Å²) in [5.74, 6) is 0.319. The molecule has 0 aliphatic carbocycles. The molecule has 0 saturated heterocycles. The molecule has 0 aromatic carbocycles. The number of nitrogens with one attached hydrogen (secondary N) is 1. The van der Waals surface area contributed by atoms with Crippen LogP contribution in [-0.2, 0) is 4.79 Å². The molecule has 0 aromatic rings. The van der Waals surface area contributed by atoms with Crippen molar-refractivity contribution in [1.82, 2.24) is 5.32 Å². The maximum atomic E-state index is 11.4. The molecular weight excluding hydrogens is 164 g/mol. The minimum atomic E-state index is -0.329. The van der Waals surface area contributed by atoms with Crippen molar-refractivity contribution in [2.24, 2.45) is 11.7 Å². The topological polar surface area (TPSA) is 55.1 Å². The zero-order chi connectivity index (χ0) is 10.3. The summed E-state index contributed by atoms with van der Waals surface area (Å²) in [5.41, 5.74) is 5.83. The fourth-order valence-electron chi connectivity index (χ4n) is 1.51. The van der Waals surface area contributed by atoms with Gasteiger partial charge in [0.15, 0.2) is 0 Å². The third kappa shape index (κ3) is 4.27. The van der Waals surface area contributed by atoms with Gasteiger partial charge in [0.2, 0.25) is 5.91 Å². The van der Waals surface area contributed by atoms with E-state index in [0.717, 1.165) is 19.3 Å². The van der Waals surface area contributed by atoms with Gasteiger partial charge in [-0.2, -0.15) is 0 Å². The standard InChI is InChI=1S/C10H22N2O/c1-4-7-8(5-2)9(11)10(13)12-6-3/h8-9H,4-7,11H2,1-3H3,(H,12,13). The zero-order valence-electron chi connectivity index (χ0n) is 8.97. The lowest BCUT2D eigenvalue weighted by molar-refractivity contribution is -0.123. The Morgan fingerprint density at radius 1 is 1.38 bits per heavy atom. The SMILES string of the molecule is CCCC(CC)C(N)C(=O)NCC. The summed E-state index contributed by atoms with van der Waals surface area (Å²) in [7, 11) is 0. The van der Waals surface area contributed by atoms with Gasteiger partial charge < -0.3 is 11.1 Å². The van der Waals surface area contributed by atoms with Gasteiger partial charge in [-0.15, -0.1) is 0 Å². The average molecular weight is 186 g/mol. The molecule has 13 heavy (non-hydrogen) atoms. The van der Waals surface area contributed by atoms with Crippen molar-refractivity contribution < 1.29 is 4.79 Å². The Kier molecular flexibility index (Phi) is 6.59. The predicted molar refractivity (Wildman–Crippen MR) is 55.3 cm³/mol. The van der Waals surface area contributed by atoms with E-state index in [1.165, 1.54) is 0 Å². The Hall–Kier alpha value is -0.570. The van der Waals surface area contributed by atoms with Crippen LogP contribution in [0.5, 0.6) is 0 Å². The van der Waals surface area contributed by atoms with Gasteiger partial charge in [-0.3, -0.25) is 4.79 Å². The van der Waals surface area contributed by atoms with E-state index in [-0.39, 0.29) is 11.9 Å². The van der Waals surface area contributed by atoms with Crippen LogP contribution < -0.4 is 11.1 Å². The number of rotatable bonds is 6. The Morgan fingerprint density at radius 2 is 2.00 bits per heavy atom. The van der Waals surface area contributed by atoms with Crippen LogP contribution in [0.25, 0.3) is 0 Å². The predicted octanol–water partition coefficient (Wildman–Crippen LogP) is 1.28. The van der Waals surface area contributed by atoms with Crippen molar-refractivity contribution in [2.45, 2.75) is 46.1 Å². The number of amides is 1. The van der Waals surface area contributed by atoms with Gasteiger partial charge in [0, 0.05) is 6.54 Å². The van der Waals surface area contributed by atoms with Crippen molar-refractivity contribution in [1.29, 1.82) is 0 Å². The van der Waals surface area contributed by atoms with E-state index >= 15 is 0 Å². The number of likely N-dealkylation sites (N-methyl/N-ethyl adjacent to an activating group) is 1. The Labute approximate surface area is 81.1 Å². The van der Waals surface area contributed by atoms with Gasteiger partial charge in [-0.05, 0) is 19.3 Å². The van der Waals surface area contributed by atoms with Crippen LogP contribution in [0, 0.1) is 5.92 Å². The Balaban J connectivity index is 4.02. The molecule has 0 fully saturated rings. The lowest BCUT2D eigenvalue weighted by Crippen LogP contribution is -2.45. The summed E-state index contributed by atoms with van der Waals surface area (Å²) in [4.78, 5) is 11.4. The molecule has 0 saturated carbocycles. The second-order valence-corrected chi connectivity index (χ2v) is 3.38. The number of hydrogen-bond donors (Lipinski definition) is 2. The number of carbonyl (C=O) groups excluding carboxylic acids is 1. The van der Waals surface area contributed by atoms with Crippen LogP contribution in [0.4, 0.5) is 0 Å². The maximum Gasteiger partial charge on any atom is 0.237 e. The van der Waals surface area contributed by atoms with Gasteiger partial charge in [-0.25, -0.2) is 0 Å². The average Bonchev–Trinajstić information content (AvgIpc) is 2.13. The fraction of sp³-hybridized carbons (Fsp3) is 0.900. The molecule has 2 atom stereocenters. The van der Waals surface area contributed by atoms with E-state index < -0.39 is 0 Å². The first-order valence-corrected chi connectivity index (χ1v) is 5.20. The summed E-state index contributed by atoms with van der Waals surface area (Å²) >= 11 is 0. The molecule has 2 unspecified atom stereocenters. The first kappa shape index (κ1) is 12.4. The first-order chi connectivity index (χ1) is 6.17. The molecule has 0 aliphatic heterocycles. The Morgan fingerprint density at radius 3 is 2.38 bits per heavy atom. The first-order valence-electron chi connectivity index (χ1n) is 5.20. The number of carbonyl (C=O) groups is 1. The highest BCUT2D eigenvalue weighted by atomic mass is 16.2. The van der Waals surface area contributed by atoms with Crippen LogP contribution >= 0.6 is 0 Å². The quantitative estimate of drug-likeness (QED) is 0.656. The van der Waals surface area contributed by atoms with Crippen LogP contribution in [-0.4, -0.2) is 18.5 Å². The molecule has 3 nitrogen and oxygen atoms in total. The summed E-state index contributed by atoms with van der Waals surface area (Å²) in [6.07, 6.45) is 3.10. The van der Waals surface area contributed by atoms with Gasteiger partial charge in [0.25, 0.3) is 0 Å². The summed E-state index contributed by atoms with van der Waals surface area (Å²) in [5, 5.41) is 2.75. The lowest BCUT2D eigenvalue weighted by Gasteiger charge is -2.20. The van der Waals surface area contributed by atoms with Crippen molar-refractivity contribution in [3.05, 3.63) is 0 Å². The summed E-state index contributed by atoms with van der Waals surface area (Å²) in [6.45, 7) is 6.77. The zero-order valence-corrected chi connectivity index (χ0v) is 8.97. The van der Waals surface area contributed by atoms with Crippen molar-refractivity contribution in [3.63, 3.8) is 0 Å². The minimum Gasteiger partial charge on any atom is -0.355 e. The highest BCUT2D eigenvalue weighted by Gasteiger charge is 2.21. The molecule has 0 radical (unpaired) electrons. The van der Waals surface area contributed by atoms with Crippen LogP contribution in [0.3, 0.4) is 0 Å². The van der Waals surface area contributed by atoms with Gasteiger partial charge in [0.1, 0.15) is 0 Å². The molecule has 78 valence electrons. The molecule has 0 aromatic heterocycles. The maximum absolute atomic E-state index is 11.4. The van der Waals surface area contributed by atoms with E-state index in [9.17, 15) is 4.79 Å². The molecule has 3 heteroatoms. The highest BCUT2D eigenvalue weighted by molar-refractivity contribution is 5.81. The van der Waals surface area contributed by atoms with Gasteiger partial charge >= 0.3 is 0 Å². The van der Waals surface area contributed by atoms with Crippen LogP contribution in [0.2, 0.25) is 0 Å². The van der Waals surface area contributed by atoms with Crippen molar-refractivity contribution in [2.75, 3.05) is 6.54 Å². The lowest BCUT2D eigenvalue weighted by atomic mass is 9.92. The molecule has 0 aliphatic rings. The summed E-state index contributed by atoms with van der Waals surface area (Å²) in [6, 6.07) is -0.329. The monoisotopic (exact) mass is 186 g/mol. The Bertz CT molecular complexity index is 148. The third-order valence-electron chi connectivity index (χ3n) is 2.35. The molecule has 0 heterocycles. The summed E-state index contributed by atoms with van der Waals surface area (Å²) < 4.78 is 0. The molecule has 3 N–H and O–H groups in total. The van der Waals surface area contributed by atoms with E-state index in [1.807, 2.05) is 6.92 Å². The van der Waals surface area contributed by atoms with E-state index in [0.29, 0.717) is 12.5 Å². The highest BCUT2D eigenvalue weighted by Crippen LogP contribution is 2.14. The second kappa shape index (κ2) is 6.89. The molecule has 0 rings (SSSR count). The number of hydrogen-bond acceptors (Lipinski definition) is 2. The largest absolute Gasteiger partial charge is 0.355 e. The molecule has 1 amide bonds. The smallest absolute Gasteiger partial charge is 0.237 e. The second-order valence-electron chi connectivity index (χ2n) is 3.38. The van der Waals surface area contributed by atoms with Gasteiger partial charge in [-0.1, -0.05) is 26.7 Å². The van der Waals surface area contributed by atoms with Crippen molar-refractivity contribution in [3.8, 4) is 0 Å². The molecular formula is C10H22N2O. The number of nitrogens with two attached hydrogens (primary N) is 1. The van der Waals surface area contributed by atoms with E-state index in [4.69, 9.17) is 5.73 Å². The van der Waals surface area contributed by atoms with Gasteiger partial charge in [0.05, 0.1) is 6.04 Å². The third-order valence-corrected chi connectivity index (χ3v) is 2.35. The normalized spacial score (nSPS) is 15.1. The van der Waals surface area contributed by atoms with E-state index in [1.54, 1.807) is 0 Å². The molecule has 0 spiro atoms. The van der Waals surface area contributed by atoms with Crippen LogP contribution in [0.15, 0.2) is 0 Å². The minimum absolute atomic E-state index is 0.0113.